The molecule has 0 aliphatic heterocycles. The Morgan fingerprint density at radius 1 is 0.889 bits per heavy atom. The first-order chi connectivity index (χ1) is 13.0. The summed E-state index contributed by atoms with van der Waals surface area (Å²) in [7, 11) is 4.70. The summed E-state index contributed by atoms with van der Waals surface area (Å²) in [5.41, 5.74) is 1.37. The van der Waals surface area contributed by atoms with E-state index in [1.165, 1.54) is 13.2 Å². The first-order valence-corrected chi connectivity index (χ1v) is 8.73. The molecule has 2 rings (SSSR count). The minimum atomic E-state index is -0.128. The molecular weight excluding hydrogens is 344 g/mol. The number of hydrogen-bond acceptors (Lipinski definition) is 5. The van der Waals surface area contributed by atoms with Crippen LogP contribution >= 0.6 is 0 Å². The summed E-state index contributed by atoms with van der Waals surface area (Å²) in [4.78, 5) is 12.5. The lowest BCUT2D eigenvalue weighted by Gasteiger charge is -2.13. The molecule has 0 unspecified atom stereocenters. The summed E-state index contributed by atoms with van der Waals surface area (Å²) in [5, 5.41) is 0. The van der Waals surface area contributed by atoms with Crippen molar-refractivity contribution in [3.63, 3.8) is 0 Å². The summed E-state index contributed by atoms with van der Waals surface area (Å²) in [6.45, 7) is 4.75. The van der Waals surface area contributed by atoms with E-state index in [9.17, 15) is 4.79 Å². The first kappa shape index (κ1) is 20.4. The lowest BCUT2D eigenvalue weighted by molar-refractivity contribution is 0.104. The van der Waals surface area contributed by atoms with Gasteiger partial charge in [0.1, 0.15) is 0 Å². The molecule has 0 spiro atoms. The number of ketones is 1. The van der Waals surface area contributed by atoms with Gasteiger partial charge in [0.05, 0.1) is 27.9 Å². The third-order valence-corrected chi connectivity index (χ3v) is 3.86. The summed E-state index contributed by atoms with van der Waals surface area (Å²) in [6.07, 6.45) is 3.27. The number of carbonyl (C=O) groups is 1. The maximum atomic E-state index is 12.5. The molecule has 0 bridgehead atoms. The molecule has 0 atom stereocenters. The number of hydrogen-bond donors (Lipinski definition) is 0. The van der Waals surface area contributed by atoms with Crippen molar-refractivity contribution in [3.8, 4) is 23.0 Å². The first-order valence-electron chi connectivity index (χ1n) is 8.73. The molecule has 27 heavy (non-hydrogen) atoms. The van der Waals surface area contributed by atoms with E-state index >= 15 is 0 Å². The second-order valence-corrected chi connectivity index (χ2v) is 6.38. The predicted molar refractivity (Wildman–Crippen MR) is 106 cm³/mol. The van der Waals surface area contributed by atoms with E-state index < -0.39 is 0 Å². The summed E-state index contributed by atoms with van der Waals surface area (Å²) >= 11 is 0. The fourth-order valence-corrected chi connectivity index (χ4v) is 2.42. The lowest BCUT2D eigenvalue weighted by Crippen LogP contribution is -2.05. The van der Waals surface area contributed by atoms with E-state index in [4.69, 9.17) is 18.9 Å². The van der Waals surface area contributed by atoms with Gasteiger partial charge < -0.3 is 18.9 Å². The van der Waals surface area contributed by atoms with Crippen molar-refractivity contribution < 1.29 is 23.7 Å². The zero-order chi connectivity index (χ0) is 19.8. The van der Waals surface area contributed by atoms with E-state index in [0.717, 1.165) is 5.56 Å². The number of allylic oxidation sites excluding steroid dienone is 1. The molecule has 0 fully saturated rings. The van der Waals surface area contributed by atoms with Gasteiger partial charge in [-0.15, -0.1) is 0 Å². The van der Waals surface area contributed by atoms with E-state index in [-0.39, 0.29) is 5.78 Å². The average Bonchev–Trinajstić information content (AvgIpc) is 2.69. The molecule has 0 aliphatic rings. The Balaban J connectivity index is 2.19. The second-order valence-electron chi connectivity index (χ2n) is 6.38. The summed E-state index contributed by atoms with van der Waals surface area (Å²) < 4.78 is 21.6. The maximum Gasteiger partial charge on any atom is 0.185 e. The summed E-state index contributed by atoms with van der Waals surface area (Å²) in [5.74, 6) is 2.70. The van der Waals surface area contributed by atoms with Crippen LogP contribution in [0, 0.1) is 5.92 Å². The van der Waals surface area contributed by atoms with Gasteiger partial charge in [0, 0.05) is 5.56 Å². The van der Waals surface area contributed by atoms with Crippen molar-refractivity contribution in [2.45, 2.75) is 13.8 Å². The molecular formula is C22H26O5. The normalized spacial score (nSPS) is 10.9. The van der Waals surface area contributed by atoms with Gasteiger partial charge in [-0.05, 0) is 47.9 Å². The monoisotopic (exact) mass is 370 g/mol. The molecule has 144 valence electrons. The standard InChI is InChI=1S/C22H26O5/c1-15(2)14-27-22-12-16(7-10-20(22)25-4)6-9-18(23)17-8-11-19(24-3)21(13-17)26-5/h6-13,15H,14H2,1-5H3/b9-6+. The van der Waals surface area contributed by atoms with Crippen LogP contribution < -0.4 is 18.9 Å². The van der Waals surface area contributed by atoms with Crippen molar-refractivity contribution in [1.29, 1.82) is 0 Å². The van der Waals surface area contributed by atoms with Gasteiger partial charge in [-0.3, -0.25) is 4.79 Å². The molecule has 0 aromatic heterocycles. The van der Waals surface area contributed by atoms with E-state index in [2.05, 4.69) is 13.8 Å². The molecule has 5 heteroatoms. The Bertz CT molecular complexity index is 808. The van der Waals surface area contributed by atoms with Crippen LogP contribution in [0.25, 0.3) is 6.08 Å². The van der Waals surface area contributed by atoms with Gasteiger partial charge >= 0.3 is 0 Å². The van der Waals surface area contributed by atoms with Crippen LogP contribution in [0.1, 0.15) is 29.8 Å². The molecule has 2 aromatic rings. The number of methoxy groups -OCH3 is 3. The predicted octanol–water partition coefficient (Wildman–Crippen LogP) is 4.64. The van der Waals surface area contributed by atoms with Crippen LogP contribution in [0.4, 0.5) is 0 Å². The van der Waals surface area contributed by atoms with Gasteiger partial charge in [0.15, 0.2) is 28.8 Å². The Labute approximate surface area is 160 Å². The highest BCUT2D eigenvalue weighted by Crippen LogP contribution is 2.30. The minimum absolute atomic E-state index is 0.128. The van der Waals surface area contributed by atoms with Crippen LogP contribution in [0.15, 0.2) is 42.5 Å². The molecule has 0 N–H and O–H groups in total. The maximum absolute atomic E-state index is 12.5. The quantitative estimate of drug-likeness (QED) is 0.475. The Morgan fingerprint density at radius 2 is 1.52 bits per heavy atom. The molecule has 2 aromatic carbocycles. The highest BCUT2D eigenvalue weighted by atomic mass is 16.5. The third-order valence-electron chi connectivity index (χ3n) is 3.86. The van der Waals surface area contributed by atoms with Crippen LogP contribution in [0.5, 0.6) is 23.0 Å². The van der Waals surface area contributed by atoms with Gasteiger partial charge in [-0.1, -0.05) is 26.0 Å². The zero-order valence-corrected chi connectivity index (χ0v) is 16.4. The second kappa shape index (κ2) is 9.67. The number of carbonyl (C=O) groups excluding carboxylic acids is 1. The number of benzene rings is 2. The van der Waals surface area contributed by atoms with Crippen LogP contribution in [-0.4, -0.2) is 33.7 Å². The van der Waals surface area contributed by atoms with Crippen molar-refractivity contribution in [2.24, 2.45) is 5.92 Å². The van der Waals surface area contributed by atoms with Gasteiger partial charge in [-0.25, -0.2) is 0 Å². The van der Waals surface area contributed by atoms with Crippen molar-refractivity contribution in [2.75, 3.05) is 27.9 Å². The zero-order valence-electron chi connectivity index (χ0n) is 16.4. The molecule has 0 saturated carbocycles. The minimum Gasteiger partial charge on any atom is -0.493 e. The molecule has 0 amide bonds. The number of rotatable bonds is 9. The highest BCUT2D eigenvalue weighted by molar-refractivity contribution is 6.07. The van der Waals surface area contributed by atoms with Crippen molar-refractivity contribution >= 4 is 11.9 Å². The molecule has 0 radical (unpaired) electrons. The van der Waals surface area contributed by atoms with Crippen LogP contribution in [0.3, 0.4) is 0 Å². The van der Waals surface area contributed by atoms with E-state index in [0.29, 0.717) is 41.1 Å². The Hall–Kier alpha value is -2.95. The fraction of sp³-hybridized carbons (Fsp3) is 0.318. The number of ether oxygens (including phenoxy) is 4. The summed E-state index contributed by atoms with van der Waals surface area (Å²) in [6, 6.07) is 10.6. The van der Waals surface area contributed by atoms with Crippen molar-refractivity contribution in [1.82, 2.24) is 0 Å². The lowest BCUT2D eigenvalue weighted by atomic mass is 10.1. The van der Waals surface area contributed by atoms with Crippen LogP contribution in [-0.2, 0) is 0 Å². The molecule has 0 heterocycles. The molecule has 0 saturated heterocycles. The Morgan fingerprint density at radius 3 is 2.15 bits per heavy atom. The third kappa shape index (κ3) is 5.51. The van der Waals surface area contributed by atoms with Gasteiger partial charge in [0.2, 0.25) is 0 Å². The smallest absolute Gasteiger partial charge is 0.185 e. The average molecular weight is 370 g/mol. The molecule has 5 nitrogen and oxygen atoms in total. The van der Waals surface area contributed by atoms with Gasteiger partial charge in [0.25, 0.3) is 0 Å². The Kier molecular flexibility index (Phi) is 7.29. The fourth-order valence-electron chi connectivity index (χ4n) is 2.42. The van der Waals surface area contributed by atoms with E-state index in [1.54, 1.807) is 38.5 Å². The molecule has 0 aliphatic carbocycles. The van der Waals surface area contributed by atoms with Gasteiger partial charge in [-0.2, -0.15) is 0 Å². The largest absolute Gasteiger partial charge is 0.493 e. The topological polar surface area (TPSA) is 54.0 Å². The van der Waals surface area contributed by atoms with Crippen LogP contribution in [0.2, 0.25) is 0 Å². The van der Waals surface area contributed by atoms with Crippen molar-refractivity contribution in [3.05, 3.63) is 53.6 Å². The SMILES string of the molecule is COc1ccc(C(=O)/C=C/c2ccc(OC)c(OCC(C)C)c2)cc1OC. The highest BCUT2D eigenvalue weighted by Gasteiger charge is 2.09. The van der Waals surface area contributed by atoms with E-state index in [1.807, 2.05) is 18.2 Å².